The Morgan fingerprint density at radius 3 is 2.21 bits per heavy atom. The fourth-order valence-electron chi connectivity index (χ4n) is 3.14. The minimum absolute atomic E-state index is 0.0696. The van der Waals surface area contributed by atoms with E-state index >= 15 is 0 Å². The number of aromatic nitrogens is 2. The van der Waals surface area contributed by atoms with Gasteiger partial charge in [-0.3, -0.25) is 19.7 Å². The van der Waals surface area contributed by atoms with E-state index in [0.717, 1.165) is 0 Å². The third-order valence-corrected chi connectivity index (χ3v) is 4.68. The summed E-state index contributed by atoms with van der Waals surface area (Å²) in [5.74, 6) is -1.56. The van der Waals surface area contributed by atoms with Gasteiger partial charge < -0.3 is 15.2 Å². The van der Waals surface area contributed by atoms with Crippen molar-refractivity contribution >= 4 is 28.9 Å². The molecule has 10 heteroatoms. The number of hydrogen-bond acceptors (Lipinski definition) is 5. The number of benzene rings is 3. The molecule has 4 aromatic rings. The lowest BCUT2D eigenvalue weighted by atomic mass is 10.1. The molecule has 0 saturated heterocycles. The number of nitrogens with zero attached hydrogens (tertiary/aromatic N) is 3. The topological polar surface area (TPSA) is 119 Å². The average Bonchev–Trinajstić information content (AvgIpc) is 3.33. The van der Waals surface area contributed by atoms with Crippen LogP contribution in [0, 0.1) is 15.9 Å². The highest BCUT2D eigenvalue weighted by Gasteiger charge is 2.19. The molecule has 0 unspecified atom stereocenters. The van der Waals surface area contributed by atoms with Gasteiger partial charge in [0.05, 0.1) is 11.3 Å². The molecule has 1 heterocycles. The lowest BCUT2D eigenvalue weighted by Gasteiger charge is -2.10. The first-order valence-corrected chi connectivity index (χ1v) is 9.66. The summed E-state index contributed by atoms with van der Waals surface area (Å²) in [7, 11) is 0. The molecule has 2 amide bonds. The number of carbonyl (C=O) groups is 2. The molecule has 3 aromatic carbocycles. The van der Waals surface area contributed by atoms with Crippen LogP contribution in [0.1, 0.15) is 20.7 Å². The Bertz CT molecular complexity index is 1350. The zero-order valence-electron chi connectivity index (χ0n) is 16.9. The summed E-state index contributed by atoms with van der Waals surface area (Å²) in [6.45, 7) is 0. The van der Waals surface area contributed by atoms with E-state index in [1.54, 1.807) is 24.4 Å². The van der Waals surface area contributed by atoms with Crippen molar-refractivity contribution in [2.45, 2.75) is 0 Å². The molecule has 0 fully saturated rings. The van der Waals surface area contributed by atoms with E-state index in [1.165, 1.54) is 65.6 Å². The van der Waals surface area contributed by atoms with E-state index in [-0.39, 0.29) is 22.5 Å². The van der Waals surface area contributed by atoms with Crippen LogP contribution in [0.4, 0.5) is 21.5 Å². The number of carbonyl (C=O) groups excluding carboxylic acids is 2. The van der Waals surface area contributed by atoms with E-state index in [2.05, 4.69) is 15.6 Å². The van der Waals surface area contributed by atoms with Crippen molar-refractivity contribution in [3.8, 4) is 5.69 Å². The number of hydrogen-bond donors (Lipinski definition) is 2. The van der Waals surface area contributed by atoms with E-state index in [1.807, 2.05) is 0 Å². The summed E-state index contributed by atoms with van der Waals surface area (Å²) < 4.78 is 14.8. The van der Waals surface area contributed by atoms with Gasteiger partial charge in [-0.05, 0) is 48.5 Å². The van der Waals surface area contributed by atoms with Gasteiger partial charge in [0.25, 0.3) is 17.5 Å². The Hall–Kier alpha value is -4.86. The normalized spacial score (nSPS) is 10.5. The van der Waals surface area contributed by atoms with E-state index in [0.29, 0.717) is 11.4 Å². The lowest BCUT2D eigenvalue weighted by molar-refractivity contribution is -0.384. The van der Waals surface area contributed by atoms with E-state index < -0.39 is 22.6 Å². The number of nitro benzene ring substituents is 1. The molecule has 0 atom stereocenters. The van der Waals surface area contributed by atoms with E-state index in [9.17, 15) is 24.1 Å². The first kappa shape index (κ1) is 21.4. The predicted molar refractivity (Wildman–Crippen MR) is 119 cm³/mol. The second-order valence-electron chi connectivity index (χ2n) is 6.93. The molecule has 0 aliphatic carbocycles. The van der Waals surface area contributed by atoms with Crippen molar-refractivity contribution in [3.63, 3.8) is 0 Å². The maximum Gasteiger partial charge on any atom is 0.294 e. The van der Waals surface area contributed by atoms with Crippen LogP contribution in [-0.2, 0) is 0 Å². The highest BCUT2D eigenvalue weighted by molar-refractivity contribution is 6.07. The van der Waals surface area contributed by atoms with Crippen LogP contribution >= 0.6 is 0 Å². The highest BCUT2D eigenvalue weighted by Crippen LogP contribution is 2.25. The van der Waals surface area contributed by atoms with Crippen LogP contribution in [0.5, 0.6) is 0 Å². The van der Waals surface area contributed by atoms with Crippen molar-refractivity contribution in [2.75, 3.05) is 10.6 Å². The SMILES string of the molecule is O=C(Nc1cccc(F)c1)c1cccc(NC(=O)c2ccc(-n3ccnc3)c([N+](=O)[O-])c2)c1. The van der Waals surface area contributed by atoms with Gasteiger partial charge in [-0.25, -0.2) is 9.37 Å². The summed E-state index contributed by atoms with van der Waals surface area (Å²) in [5.41, 5.74) is 0.917. The van der Waals surface area contributed by atoms with Gasteiger partial charge in [-0.1, -0.05) is 12.1 Å². The first-order chi connectivity index (χ1) is 15.9. The minimum atomic E-state index is -0.585. The van der Waals surface area contributed by atoms with Gasteiger partial charge in [0.1, 0.15) is 11.5 Å². The molecular formula is C23H16FN5O4. The molecule has 2 N–H and O–H groups in total. The Labute approximate surface area is 186 Å². The Kier molecular flexibility index (Phi) is 5.90. The van der Waals surface area contributed by atoms with Crippen LogP contribution in [0.3, 0.4) is 0 Å². The first-order valence-electron chi connectivity index (χ1n) is 9.66. The number of nitro groups is 1. The minimum Gasteiger partial charge on any atom is -0.322 e. The number of imidazole rings is 1. The van der Waals surface area contributed by atoms with Crippen LogP contribution in [0.15, 0.2) is 85.5 Å². The van der Waals surface area contributed by atoms with Crippen molar-refractivity contribution in [2.24, 2.45) is 0 Å². The zero-order valence-corrected chi connectivity index (χ0v) is 16.9. The van der Waals surface area contributed by atoms with Crippen LogP contribution < -0.4 is 10.6 Å². The van der Waals surface area contributed by atoms with Gasteiger partial charge in [-0.2, -0.15) is 0 Å². The molecule has 9 nitrogen and oxygen atoms in total. The second kappa shape index (κ2) is 9.10. The molecule has 164 valence electrons. The second-order valence-corrected chi connectivity index (χ2v) is 6.93. The van der Waals surface area contributed by atoms with Crippen LogP contribution in [0.25, 0.3) is 5.69 Å². The molecule has 1 aromatic heterocycles. The molecule has 0 radical (unpaired) electrons. The summed E-state index contributed by atoms with van der Waals surface area (Å²) in [6, 6.07) is 15.7. The van der Waals surface area contributed by atoms with Gasteiger partial charge in [-0.15, -0.1) is 0 Å². The summed E-state index contributed by atoms with van der Waals surface area (Å²) in [4.78, 5) is 40.0. The molecule has 0 aliphatic rings. The maximum absolute atomic E-state index is 13.3. The number of rotatable bonds is 6. The van der Waals surface area contributed by atoms with Gasteiger partial charge in [0.15, 0.2) is 0 Å². The summed E-state index contributed by atoms with van der Waals surface area (Å²) >= 11 is 0. The maximum atomic E-state index is 13.3. The summed E-state index contributed by atoms with van der Waals surface area (Å²) in [5, 5.41) is 16.7. The van der Waals surface area contributed by atoms with Crippen molar-refractivity contribution in [3.05, 3.63) is 113 Å². The highest BCUT2D eigenvalue weighted by atomic mass is 19.1. The quantitative estimate of drug-likeness (QED) is 0.336. The molecule has 0 spiro atoms. The number of nitrogens with one attached hydrogen (secondary N) is 2. The summed E-state index contributed by atoms with van der Waals surface area (Å²) in [6.07, 6.45) is 4.46. The zero-order chi connectivity index (χ0) is 23.4. The Morgan fingerprint density at radius 1 is 0.909 bits per heavy atom. The van der Waals surface area contributed by atoms with Crippen LogP contribution in [0.2, 0.25) is 0 Å². The van der Waals surface area contributed by atoms with Crippen molar-refractivity contribution in [1.29, 1.82) is 0 Å². The lowest BCUT2D eigenvalue weighted by Crippen LogP contribution is -2.15. The molecule has 4 rings (SSSR count). The Morgan fingerprint density at radius 2 is 1.58 bits per heavy atom. The monoisotopic (exact) mass is 445 g/mol. The molecule has 33 heavy (non-hydrogen) atoms. The largest absolute Gasteiger partial charge is 0.322 e. The third kappa shape index (κ3) is 4.90. The fraction of sp³-hybridized carbons (Fsp3) is 0. The van der Waals surface area contributed by atoms with Gasteiger partial charge >= 0.3 is 0 Å². The molecule has 0 saturated carbocycles. The Balaban J connectivity index is 1.52. The van der Waals surface area contributed by atoms with Gasteiger partial charge in [0, 0.05) is 41.0 Å². The predicted octanol–water partition coefficient (Wildman–Crippen LogP) is 4.42. The molecular weight excluding hydrogens is 429 g/mol. The number of amides is 2. The average molecular weight is 445 g/mol. The van der Waals surface area contributed by atoms with Crippen molar-refractivity contribution in [1.82, 2.24) is 9.55 Å². The van der Waals surface area contributed by atoms with E-state index in [4.69, 9.17) is 0 Å². The molecule has 0 bridgehead atoms. The molecule has 0 aliphatic heterocycles. The van der Waals surface area contributed by atoms with Gasteiger partial charge in [0.2, 0.25) is 0 Å². The van der Waals surface area contributed by atoms with Crippen LogP contribution in [-0.4, -0.2) is 26.3 Å². The standard InChI is InChI=1S/C23H16FN5O4/c24-17-4-2-6-19(13-17)27-22(30)15-3-1-5-18(11-15)26-23(31)16-7-8-20(21(12-16)29(32)33)28-10-9-25-14-28/h1-14H,(H,26,31)(H,27,30). The fourth-order valence-corrected chi connectivity index (χ4v) is 3.14. The number of anilines is 2. The number of halogens is 1. The van der Waals surface area contributed by atoms with Crippen molar-refractivity contribution < 1.29 is 18.9 Å². The third-order valence-electron chi connectivity index (χ3n) is 4.68. The smallest absolute Gasteiger partial charge is 0.294 e.